The van der Waals surface area contributed by atoms with Gasteiger partial charge in [-0.3, -0.25) is 14.2 Å². The second-order valence-electron chi connectivity index (χ2n) is 8.25. The number of amides is 1. The molecule has 8 heteroatoms. The van der Waals surface area contributed by atoms with Crippen molar-refractivity contribution in [1.82, 2.24) is 14.5 Å². The highest BCUT2D eigenvalue weighted by molar-refractivity contribution is 6.30. The van der Waals surface area contributed by atoms with E-state index in [1.54, 1.807) is 35.4 Å². The Morgan fingerprint density at radius 2 is 1.74 bits per heavy atom. The van der Waals surface area contributed by atoms with Crippen LogP contribution >= 0.6 is 11.6 Å². The van der Waals surface area contributed by atoms with Crippen LogP contribution in [0.25, 0.3) is 11.0 Å². The molecule has 0 N–H and O–H groups in total. The lowest BCUT2D eigenvalue weighted by Gasteiger charge is -2.36. The largest absolute Gasteiger partial charge is 0.368 e. The number of hydrogen-bond donors (Lipinski definition) is 0. The van der Waals surface area contributed by atoms with Crippen LogP contribution < -0.4 is 10.5 Å². The average molecular weight is 477 g/mol. The van der Waals surface area contributed by atoms with Crippen molar-refractivity contribution in [2.24, 2.45) is 0 Å². The zero-order valence-corrected chi connectivity index (χ0v) is 19.1. The number of hydrogen-bond acceptors (Lipinski definition) is 4. The number of carbonyl (C=O) groups excluding carboxylic acids is 1. The van der Waals surface area contributed by atoms with Crippen molar-refractivity contribution in [3.05, 3.63) is 105 Å². The van der Waals surface area contributed by atoms with E-state index >= 15 is 0 Å². The number of anilines is 1. The van der Waals surface area contributed by atoms with Gasteiger partial charge in [-0.15, -0.1) is 0 Å². The summed E-state index contributed by atoms with van der Waals surface area (Å²) in [6, 6.07) is 18.8. The van der Waals surface area contributed by atoms with E-state index in [9.17, 15) is 14.0 Å². The van der Waals surface area contributed by atoms with E-state index in [0.717, 1.165) is 11.3 Å². The van der Waals surface area contributed by atoms with Crippen molar-refractivity contribution in [3.8, 4) is 0 Å². The molecule has 0 unspecified atom stereocenters. The topological polar surface area (TPSA) is 58.4 Å². The highest BCUT2D eigenvalue weighted by atomic mass is 35.5. The van der Waals surface area contributed by atoms with Gasteiger partial charge in [0.2, 0.25) is 0 Å². The molecular formula is C26H22ClFN4O2. The molecule has 1 aliphatic rings. The fourth-order valence-corrected chi connectivity index (χ4v) is 4.47. The van der Waals surface area contributed by atoms with Gasteiger partial charge in [-0.2, -0.15) is 0 Å². The highest BCUT2D eigenvalue weighted by Crippen LogP contribution is 2.21. The minimum atomic E-state index is -0.405. The zero-order valence-electron chi connectivity index (χ0n) is 18.3. The lowest BCUT2D eigenvalue weighted by atomic mass is 10.1. The number of piperazine rings is 1. The number of carbonyl (C=O) groups is 1. The lowest BCUT2D eigenvalue weighted by Crippen LogP contribution is -2.50. The van der Waals surface area contributed by atoms with Crippen LogP contribution in [0.1, 0.15) is 15.9 Å². The van der Waals surface area contributed by atoms with Crippen molar-refractivity contribution in [2.75, 3.05) is 31.1 Å². The number of nitrogens with zero attached hydrogens (tertiary/aromatic N) is 4. The van der Waals surface area contributed by atoms with Crippen LogP contribution in [-0.2, 0) is 6.54 Å². The maximum atomic E-state index is 13.4. The van der Waals surface area contributed by atoms with Gasteiger partial charge in [0.05, 0.1) is 6.54 Å². The van der Waals surface area contributed by atoms with Crippen molar-refractivity contribution in [3.63, 3.8) is 0 Å². The molecule has 0 aliphatic carbocycles. The normalized spacial score (nSPS) is 13.9. The van der Waals surface area contributed by atoms with E-state index in [1.165, 1.54) is 16.7 Å². The lowest BCUT2D eigenvalue weighted by molar-refractivity contribution is 0.0744. The third-order valence-electron chi connectivity index (χ3n) is 6.07. The molecule has 4 aromatic rings. The van der Waals surface area contributed by atoms with Crippen LogP contribution in [0, 0.1) is 5.82 Å². The van der Waals surface area contributed by atoms with Crippen molar-refractivity contribution < 1.29 is 9.18 Å². The fraction of sp³-hybridized carbons (Fsp3) is 0.192. The Morgan fingerprint density at radius 1 is 0.971 bits per heavy atom. The van der Waals surface area contributed by atoms with Gasteiger partial charge in [-0.1, -0.05) is 29.8 Å². The van der Waals surface area contributed by atoms with Crippen LogP contribution in [-0.4, -0.2) is 46.5 Å². The van der Waals surface area contributed by atoms with Crippen LogP contribution in [0.15, 0.2) is 77.7 Å². The highest BCUT2D eigenvalue weighted by Gasteiger charge is 2.26. The third kappa shape index (κ3) is 4.39. The molecule has 1 aliphatic heterocycles. The number of aromatic nitrogens is 2. The Labute approximate surface area is 200 Å². The molecule has 0 bridgehead atoms. The van der Waals surface area contributed by atoms with Gasteiger partial charge in [0.25, 0.3) is 11.5 Å². The monoisotopic (exact) mass is 476 g/mol. The van der Waals surface area contributed by atoms with Gasteiger partial charge in [0.1, 0.15) is 17.0 Å². The first-order chi connectivity index (χ1) is 16.5. The number of pyridine rings is 2. The molecule has 34 heavy (non-hydrogen) atoms. The number of halogens is 2. The molecule has 0 radical (unpaired) electrons. The average Bonchev–Trinajstić information content (AvgIpc) is 2.86. The Morgan fingerprint density at radius 3 is 2.47 bits per heavy atom. The maximum Gasteiger partial charge on any atom is 0.265 e. The summed E-state index contributed by atoms with van der Waals surface area (Å²) in [4.78, 5) is 35.1. The molecule has 5 rings (SSSR count). The minimum Gasteiger partial charge on any atom is -0.368 e. The second kappa shape index (κ2) is 9.27. The molecule has 2 aromatic carbocycles. The van der Waals surface area contributed by atoms with Gasteiger partial charge >= 0.3 is 0 Å². The Kier molecular flexibility index (Phi) is 6.02. The van der Waals surface area contributed by atoms with E-state index in [2.05, 4.69) is 9.88 Å². The molecule has 6 nitrogen and oxygen atoms in total. The molecule has 0 atom stereocenters. The van der Waals surface area contributed by atoms with Gasteiger partial charge in [0, 0.05) is 48.5 Å². The SMILES string of the molecule is O=C(c1cc2cccnc2n(Cc2ccc(F)cc2)c1=O)N1CCN(c2cccc(Cl)c2)CC1. The first-order valence-electron chi connectivity index (χ1n) is 11.0. The van der Waals surface area contributed by atoms with E-state index in [0.29, 0.717) is 42.2 Å². The summed E-state index contributed by atoms with van der Waals surface area (Å²) in [6.07, 6.45) is 1.61. The van der Waals surface area contributed by atoms with Crippen molar-refractivity contribution >= 4 is 34.2 Å². The predicted molar refractivity (Wildman–Crippen MR) is 131 cm³/mol. The number of rotatable bonds is 4. The molecule has 0 saturated carbocycles. The summed E-state index contributed by atoms with van der Waals surface area (Å²) in [5.41, 5.74) is 1.95. The molecule has 2 aromatic heterocycles. The summed E-state index contributed by atoms with van der Waals surface area (Å²) >= 11 is 6.12. The zero-order chi connectivity index (χ0) is 23.7. The quantitative estimate of drug-likeness (QED) is 0.443. The first kappa shape index (κ1) is 22.1. The Bertz CT molecular complexity index is 1410. The molecular weight excluding hydrogens is 455 g/mol. The molecule has 3 heterocycles. The summed E-state index contributed by atoms with van der Waals surface area (Å²) < 4.78 is 14.8. The molecule has 1 fully saturated rings. The predicted octanol–water partition coefficient (Wildman–Crippen LogP) is 4.20. The van der Waals surface area contributed by atoms with Gasteiger partial charge in [-0.05, 0) is 54.1 Å². The third-order valence-corrected chi connectivity index (χ3v) is 6.31. The van der Waals surface area contributed by atoms with E-state index in [1.807, 2.05) is 30.3 Å². The molecule has 172 valence electrons. The Hall–Kier alpha value is -3.71. The molecule has 0 spiro atoms. The molecule has 1 saturated heterocycles. The standard InChI is InChI=1S/C26H22ClFN4O2/c27-20-4-1-5-22(16-20)30-11-13-31(14-12-30)25(33)23-15-19-3-2-10-29-24(19)32(26(23)34)17-18-6-8-21(28)9-7-18/h1-10,15-16H,11-14,17H2. The Balaban J connectivity index is 1.43. The summed E-state index contributed by atoms with van der Waals surface area (Å²) in [6.45, 7) is 2.47. The van der Waals surface area contributed by atoms with Crippen LogP contribution in [0.3, 0.4) is 0 Å². The van der Waals surface area contributed by atoms with Gasteiger partial charge in [0.15, 0.2) is 0 Å². The van der Waals surface area contributed by atoms with Crippen molar-refractivity contribution in [1.29, 1.82) is 0 Å². The van der Waals surface area contributed by atoms with Crippen molar-refractivity contribution in [2.45, 2.75) is 6.54 Å². The summed E-state index contributed by atoms with van der Waals surface area (Å²) in [5.74, 6) is -0.644. The van der Waals surface area contributed by atoms with E-state index in [4.69, 9.17) is 11.6 Å². The summed E-state index contributed by atoms with van der Waals surface area (Å²) in [5, 5.41) is 1.37. The number of benzene rings is 2. The first-order valence-corrected chi connectivity index (χ1v) is 11.4. The van der Waals surface area contributed by atoms with Crippen LogP contribution in [0.2, 0.25) is 5.02 Å². The summed E-state index contributed by atoms with van der Waals surface area (Å²) in [7, 11) is 0. The second-order valence-corrected chi connectivity index (χ2v) is 8.69. The van der Waals surface area contributed by atoms with Gasteiger partial charge < -0.3 is 9.80 Å². The van der Waals surface area contributed by atoms with E-state index in [-0.39, 0.29) is 23.8 Å². The maximum absolute atomic E-state index is 13.4. The minimum absolute atomic E-state index is 0.110. The number of fused-ring (bicyclic) bond motifs is 1. The molecule has 1 amide bonds. The fourth-order valence-electron chi connectivity index (χ4n) is 4.29. The smallest absolute Gasteiger partial charge is 0.265 e. The van der Waals surface area contributed by atoms with E-state index < -0.39 is 5.56 Å². The van der Waals surface area contributed by atoms with Crippen LogP contribution in [0.5, 0.6) is 0 Å². The van der Waals surface area contributed by atoms with Crippen LogP contribution in [0.4, 0.5) is 10.1 Å². The van der Waals surface area contributed by atoms with Gasteiger partial charge in [-0.25, -0.2) is 9.37 Å².